The SMILES string of the molecule is CN1CCCC(=O)c2nccnc21. The van der Waals surface area contributed by atoms with E-state index in [1.165, 1.54) is 0 Å². The van der Waals surface area contributed by atoms with E-state index in [0.29, 0.717) is 17.9 Å². The quantitative estimate of drug-likeness (QED) is 0.590. The number of hydrogen-bond donors (Lipinski definition) is 0. The van der Waals surface area contributed by atoms with Gasteiger partial charge in [-0.25, -0.2) is 9.97 Å². The van der Waals surface area contributed by atoms with Gasteiger partial charge in [0.05, 0.1) is 0 Å². The average molecular weight is 177 g/mol. The zero-order valence-electron chi connectivity index (χ0n) is 7.53. The Hall–Kier alpha value is -1.45. The van der Waals surface area contributed by atoms with Gasteiger partial charge in [0, 0.05) is 32.4 Å². The Kier molecular flexibility index (Phi) is 1.96. The summed E-state index contributed by atoms with van der Waals surface area (Å²) in [6.45, 7) is 0.872. The number of hydrogen-bond acceptors (Lipinski definition) is 4. The molecule has 68 valence electrons. The number of nitrogens with zero attached hydrogens (tertiary/aromatic N) is 3. The van der Waals surface area contributed by atoms with Crippen LogP contribution in [0.1, 0.15) is 23.3 Å². The molecule has 0 unspecified atom stereocenters. The van der Waals surface area contributed by atoms with Crippen LogP contribution < -0.4 is 4.90 Å². The van der Waals surface area contributed by atoms with Gasteiger partial charge in [0.1, 0.15) is 5.69 Å². The molecule has 0 aliphatic carbocycles. The molecule has 1 aliphatic heterocycles. The number of carbonyl (C=O) groups is 1. The lowest BCUT2D eigenvalue weighted by Gasteiger charge is -2.15. The molecule has 4 heteroatoms. The molecule has 1 aromatic rings. The molecule has 0 atom stereocenters. The number of ketones is 1. The lowest BCUT2D eigenvalue weighted by molar-refractivity contribution is 0.0979. The maximum atomic E-state index is 11.5. The van der Waals surface area contributed by atoms with Crippen LogP contribution >= 0.6 is 0 Å². The fourth-order valence-corrected chi connectivity index (χ4v) is 1.51. The normalized spacial score (nSPS) is 16.7. The van der Waals surface area contributed by atoms with Crippen molar-refractivity contribution in [1.82, 2.24) is 9.97 Å². The number of anilines is 1. The van der Waals surface area contributed by atoms with Gasteiger partial charge in [-0.15, -0.1) is 0 Å². The summed E-state index contributed by atoms with van der Waals surface area (Å²) in [5.41, 5.74) is 0.516. The van der Waals surface area contributed by atoms with Crippen LogP contribution in [0.25, 0.3) is 0 Å². The van der Waals surface area contributed by atoms with E-state index in [1.807, 2.05) is 11.9 Å². The minimum atomic E-state index is 0.104. The van der Waals surface area contributed by atoms with Gasteiger partial charge >= 0.3 is 0 Å². The molecule has 0 saturated heterocycles. The molecule has 0 N–H and O–H groups in total. The average Bonchev–Trinajstić information content (AvgIpc) is 2.29. The van der Waals surface area contributed by atoms with Crippen molar-refractivity contribution in [3.05, 3.63) is 18.1 Å². The van der Waals surface area contributed by atoms with Crippen molar-refractivity contribution in [2.75, 3.05) is 18.5 Å². The van der Waals surface area contributed by atoms with Crippen molar-refractivity contribution in [3.8, 4) is 0 Å². The zero-order chi connectivity index (χ0) is 9.26. The smallest absolute Gasteiger partial charge is 0.185 e. The van der Waals surface area contributed by atoms with Crippen molar-refractivity contribution in [1.29, 1.82) is 0 Å². The first-order valence-electron chi connectivity index (χ1n) is 4.34. The number of aromatic nitrogens is 2. The molecule has 0 amide bonds. The zero-order valence-corrected chi connectivity index (χ0v) is 7.53. The molecule has 1 aliphatic rings. The minimum Gasteiger partial charge on any atom is -0.358 e. The number of fused-ring (bicyclic) bond motifs is 1. The van der Waals surface area contributed by atoms with Gasteiger partial charge in [0.15, 0.2) is 11.6 Å². The Labute approximate surface area is 76.6 Å². The third-order valence-electron chi connectivity index (χ3n) is 2.20. The Morgan fingerprint density at radius 3 is 3.00 bits per heavy atom. The predicted octanol–water partition coefficient (Wildman–Crippen LogP) is 0.889. The number of Topliss-reactive ketones (excluding diaryl/α,β-unsaturated/α-hetero) is 1. The molecular formula is C9H11N3O. The monoisotopic (exact) mass is 177 g/mol. The van der Waals surface area contributed by atoms with Gasteiger partial charge in [-0.1, -0.05) is 0 Å². The topological polar surface area (TPSA) is 46.1 Å². The second-order valence-corrected chi connectivity index (χ2v) is 3.18. The largest absolute Gasteiger partial charge is 0.358 e. The summed E-state index contributed by atoms with van der Waals surface area (Å²) >= 11 is 0. The Bertz CT molecular complexity index is 337. The van der Waals surface area contributed by atoms with Crippen LogP contribution in [0.5, 0.6) is 0 Å². The molecule has 2 heterocycles. The molecule has 0 aromatic carbocycles. The van der Waals surface area contributed by atoms with Crippen LogP contribution in [0.2, 0.25) is 0 Å². The highest BCUT2D eigenvalue weighted by Crippen LogP contribution is 2.19. The lowest BCUT2D eigenvalue weighted by Crippen LogP contribution is -2.19. The molecule has 1 aromatic heterocycles. The summed E-state index contributed by atoms with van der Waals surface area (Å²) in [5, 5.41) is 0. The first kappa shape index (κ1) is 8.16. The molecule has 0 fully saturated rings. The van der Waals surface area contributed by atoms with Crippen LogP contribution in [-0.2, 0) is 0 Å². The predicted molar refractivity (Wildman–Crippen MR) is 48.9 cm³/mol. The second kappa shape index (κ2) is 3.12. The van der Waals surface area contributed by atoms with E-state index in [-0.39, 0.29) is 5.78 Å². The van der Waals surface area contributed by atoms with Gasteiger partial charge in [-0.3, -0.25) is 4.79 Å². The summed E-state index contributed by atoms with van der Waals surface area (Å²) < 4.78 is 0. The van der Waals surface area contributed by atoms with Crippen LogP contribution in [0, 0.1) is 0 Å². The Balaban J connectivity index is 2.51. The molecular weight excluding hydrogens is 166 g/mol. The van der Waals surface area contributed by atoms with E-state index in [9.17, 15) is 4.79 Å². The van der Waals surface area contributed by atoms with Gasteiger partial charge in [-0.2, -0.15) is 0 Å². The summed E-state index contributed by atoms with van der Waals surface area (Å²) in [5.74, 6) is 0.817. The molecule has 0 radical (unpaired) electrons. The van der Waals surface area contributed by atoms with Crippen LogP contribution in [-0.4, -0.2) is 29.3 Å². The van der Waals surface area contributed by atoms with Gasteiger partial charge in [0.2, 0.25) is 0 Å². The second-order valence-electron chi connectivity index (χ2n) is 3.18. The standard InChI is InChI=1S/C9H11N3O/c1-12-6-2-3-7(13)8-9(12)11-5-4-10-8/h4-5H,2-3,6H2,1H3. The van der Waals surface area contributed by atoms with E-state index >= 15 is 0 Å². The fraction of sp³-hybridized carbons (Fsp3) is 0.444. The van der Waals surface area contributed by atoms with Crippen molar-refractivity contribution < 1.29 is 4.79 Å². The molecule has 0 bridgehead atoms. The maximum absolute atomic E-state index is 11.5. The van der Waals surface area contributed by atoms with Crippen molar-refractivity contribution in [2.45, 2.75) is 12.8 Å². The van der Waals surface area contributed by atoms with Crippen LogP contribution in [0.3, 0.4) is 0 Å². The summed E-state index contributed by atoms with van der Waals surface area (Å²) in [7, 11) is 1.94. The maximum Gasteiger partial charge on any atom is 0.185 e. The van der Waals surface area contributed by atoms with Crippen molar-refractivity contribution >= 4 is 11.6 Å². The van der Waals surface area contributed by atoms with Crippen molar-refractivity contribution in [3.63, 3.8) is 0 Å². The molecule has 2 rings (SSSR count). The Morgan fingerprint density at radius 1 is 1.38 bits per heavy atom. The van der Waals surface area contributed by atoms with E-state index in [4.69, 9.17) is 0 Å². The third kappa shape index (κ3) is 1.39. The highest BCUT2D eigenvalue weighted by Gasteiger charge is 2.20. The first-order chi connectivity index (χ1) is 6.29. The number of rotatable bonds is 0. The summed E-state index contributed by atoms with van der Waals surface area (Å²) in [6, 6.07) is 0. The van der Waals surface area contributed by atoms with Gasteiger partial charge in [0.25, 0.3) is 0 Å². The third-order valence-corrected chi connectivity index (χ3v) is 2.20. The lowest BCUT2D eigenvalue weighted by atomic mass is 10.2. The molecule has 0 spiro atoms. The van der Waals surface area contributed by atoms with E-state index in [2.05, 4.69) is 9.97 Å². The number of carbonyl (C=O) groups excluding carboxylic acids is 1. The molecule has 13 heavy (non-hydrogen) atoms. The highest BCUT2D eigenvalue weighted by molar-refractivity contribution is 5.99. The van der Waals surface area contributed by atoms with Crippen LogP contribution in [0.15, 0.2) is 12.4 Å². The van der Waals surface area contributed by atoms with E-state index < -0.39 is 0 Å². The summed E-state index contributed by atoms with van der Waals surface area (Å²) in [6.07, 6.45) is 4.65. The van der Waals surface area contributed by atoms with Crippen molar-refractivity contribution in [2.24, 2.45) is 0 Å². The van der Waals surface area contributed by atoms with E-state index in [1.54, 1.807) is 12.4 Å². The van der Waals surface area contributed by atoms with Gasteiger partial charge < -0.3 is 4.90 Å². The first-order valence-corrected chi connectivity index (χ1v) is 4.34. The molecule has 4 nitrogen and oxygen atoms in total. The minimum absolute atomic E-state index is 0.104. The summed E-state index contributed by atoms with van der Waals surface area (Å²) in [4.78, 5) is 21.7. The van der Waals surface area contributed by atoms with Gasteiger partial charge in [-0.05, 0) is 6.42 Å². The Morgan fingerprint density at radius 2 is 2.15 bits per heavy atom. The molecule has 0 saturated carbocycles. The van der Waals surface area contributed by atoms with E-state index in [0.717, 1.165) is 13.0 Å². The fourth-order valence-electron chi connectivity index (χ4n) is 1.51. The van der Waals surface area contributed by atoms with Crippen LogP contribution in [0.4, 0.5) is 5.82 Å². The highest BCUT2D eigenvalue weighted by atomic mass is 16.1.